The molecule has 0 spiro atoms. The molecule has 0 aliphatic heterocycles. The molecule has 0 radical (unpaired) electrons. The topological polar surface area (TPSA) is 107 Å². The zero-order chi connectivity index (χ0) is 20.2. The highest BCUT2D eigenvalue weighted by molar-refractivity contribution is 7.89. The van der Waals surface area contributed by atoms with Gasteiger partial charge < -0.3 is 5.32 Å². The predicted molar refractivity (Wildman–Crippen MR) is 103 cm³/mol. The van der Waals surface area contributed by atoms with Gasteiger partial charge >= 0.3 is 0 Å². The number of nitrogens with one attached hydrogen (secondary N) is 1. The zero-order valence-electron chi connectivity index (χ0n) is 15.1. The number of aryl methyl sites for hydroxylation is 1. The van der Waals surface area contributed by atoms with E-state index in [1.807, 2.05) is 13.0 Å². The van der Waals surface area contributed by atoms with Gasteiger partial charge in [0.1, 0.15) is 11.1 Å². The van der Waals surface area contributed by atoms with Crippen LogP contribution in [0.1, 0.15) is 34.6 Å². The number of carbonyl (C=O) groups is 2. The van der Waals surface area contributed by atoms with Gasteiger partial charge in [-0.1, -0.05) is 19.1 Å². The van der Waals surface area contributed by atoms with Crippen LogP contribution < -0.4 is 5.32 Å². The molecule has 2 rings (SSSR count). The van der Waals surface area contributed by atoms with Crippen LogP contribution in [0.5, 0.6) is 0 Å². The molecule has 142 valence electrons. The van der Waals surface area contributed by atoms with Crippen LogP contribution >= 0.6 is 11.3 Å². The first-order valence-electron chi connectivity index (χ1n) is 8.09. The highest BCUT2D eigenvalue weighted by Gasteiger charge is 2.23. The normalized spacial score (nSPS) is 11.2. The van der Waals surface area contributed by atoms with Crippen LogP contribution in [-0.4, -0.2) is 38.0 Å². The third-order valence-electron chi connectivity index (χ3n) is 3.84. The van der Waals surface area contributed by atoms with Gasteiger partial charge in [-0.05, 0) is 31.5 Å². The van der Waals surface area contributed by atoms with Gasteiger partial charge in [-0.15, -0.1) is 11.3 Å². The zero-order valence-corrected chi connectivity index (χ0v) is 16.8. The number of thiophene rings is 1. The Balaban J connectivity index is 2.12. The number of benzene rings is 1. The van der Waals surface area contributed by atoms with Crippen LogP contribution in [0, 0.1) is 11.3 Å². The highest BCUT2D eigenvalue weighted by atomic mass is 32.2. The summed E-state index contributed by atoms with van der Waals surface area (Å²) in [5.74, 6) is -0.704. The first-order valence-corrected chi connectivity index (χ1v) is 10.3. The Bertz CT molecular complexity index is 1000. The number of hydrogen-bond acceptors (Lipinski definition) is 6. The first kappa shape index (κ1) is 20.8. The summed E-state index contributed by atoms with van der Waals surface area (Å²) in [7, 11) is -2.59. The van der Waals surface area contributed by atoms with E-state index >= 15 is 0 Å². The van der Waals surface area contributed by atoms with Gasteiger partial charge in [0.05, 0.1) is 17.0 Å². The van der Waals surface area contributed by atoms with E-state index < -0.39 is 22.5 Å². The second-order valence-corrected chi connectivity index (χ2v) is 8.99. The van der Waals surface area contributed by atoms with Crippen molar-refractivity contribution >= 4 is 38.1 Å². The predicted octanol–water partition coefficient (Wildman–Crippen LogP) is 2.64. The van der Waals surface area contributed by atoms with Gasteiger partial charge in [0, 0.05) is 17.5 Å². The summed E-state index contributed by atoms with van der Waals surface area (Å²) < 4.78 is 26.1. The summed E-state index contributed by atoms with van der Waals surface area (Å²) in [6, 6.07) is 9.25. The fourth-order valence-electron chi connectivity index (χ4n) is 2.29. The average Bonchev–Trinajstić information content (AvgIpc) is 3.03. The van der Waals surface area contributed by atoms with Crippen molar-refractivity contribution in [2.24, 2.45) is 0 Å². The van der Waals surface area contributed by atoms with Gasteiger partial charge in [0.25, 0.3) is 0 Å². The molecular weight excluding hydrogens is 386 g/mol. The van der Waals surface area contributed by atoms with Crippen LogP contribution in [0.15, 0.2) is 35.2 Å². The summed E-state index contributed by atoms with van der Waals surface area (Å²) in [5, 5.41) is 12.2. The van der Waals surface area contributed by atoms with Gasteiger partial charge in [-0.3, -0.25) is 9.59 Å². The van der Waals surface area contributed by atoms with Gasteiger partial charge in [0.15, 0.2) is 5.78 Å². The molecule has 0 unspecified atom stereocenters. The number of sulfonamides is 1. The van der Waals surface area contributed by atoms with Crippen LogP contribution in [0.2, 0.25) is 0 Å². The Kier molecular flexibility index (Phi) is 6.49. The third kappa shape index (κ3) is 4.80. The summed E-state index contributed by atoms with van der Waals surface area (Å²) in [6.45, 7) is 2.93. The maximum Gasteiger partial charge on any atom is 0.243 e. The van der Waals surface area contributed by atoms with E-state index in [-0.39, 0.29) is 10.7 Å². The number of Topliss-reactive ketones (excluding diaryl/α,β-unsaturated/α-hetero) is 1. The van der Waals surface area contributed by atoms with E-state index in [0.717, 1.165) is 15.6 Å². The van der Waals surface area contributed by atoms with Crippen molar-refractivity contribution in [1.29, 1.82) is 5.26 Å². The van der Waals surface area contributed by atoms with Crippen molar-refractivity contribution in [1.82, 2.24) is 4.31 Å². The molecule has 1 amide bonds. The summed E-state index contributed by atoms with van der Waals surface area (Å²) in [5.41, 5.74) is 0.762. The molecular formula is C18H19N3O4S2. The number of rotatable bonds is 7. The number of anilines is 1. The molecule has 0 fully saturated rings. The molecule has 27 heavy (non-hydrogen) atoms. The van der Waals surface area contributed by atoms with E-state index in [1.165, 1.54) is 49.6 Å². The summed E-state index contributed by atoms with van der Waals surface area (Å²) in [4.78, 5) is 24.5. The largest absolute Gasteiger partial charge is 0.315 e. The number of amides is 1. The molecule has 0 bridgehead atoms. The van der Waals surface area contributed by atoms with Crippen molar-refractivity contribution < 1.29 is 18.0 Å². The van der Waals surface area contributed by atoms with Crippen molar-refractivity contribution in [3.63, 3.8) is 0 Å². The molecule has 0 saturated carbocycles. The first-order chi connectivity index (χ1) is 12.7. The van der Waals surface area contributed by atoms with E-state index in [2.05, 4.69) is 5.32 Å². The molecule has 0 saturated heterocycles. The average molecular weight is 406 g/mol. The molecule has 0 aliphatic carbocycles. The lowest BCUT2D eigenvalue weighted by Crippen LogP contribution is -2.34. The highest BCUT2D eigenvalue weighted by Crippen LogP contribution is 2.28. The van der Waals surface area contributed by atoms with Crippen LogP contribution in [-0.2, 0) is 21.2 Å². The molecule has 9 heteroatoms. The molecule has 1 N–H and O–H groups in total. The summed E-state index contributed by atoms with van der Waals surface area (Å²) in [6.07, 6.45) is 0.736. The van der Waals surface area contributed by atoms with Gasteiger partial charge in [-0.2, -0.15) is 9.57 Å². The van der Waals surface area contributed by atoms with Crippen molar-refractivity contribution in [3.05, 3.63) is 46.3 Å². The minimum absolute atomic E-state index is 0.00935. The SMILES string of the molecule is CCc1cc(C#N)c(NC(=O)CN(C)S(=O)(=O)c2ccc(C(C)=O)cc2)s1. The van der Waals surface area contributed by atoms with E-state index in [1.54, 1.807) is 6.07 Å². The summed E-state index contributed by atoms with van der Waals surface area (Å²) >= 11 is 1.29. The maximum atomic E-state index is 12.6. The number of nitriles is 1. The van der Waals surface area contributed by atoms with Crippen LogP contribution in [0.25, 0.3) is 0 Å². The molecule has 0 atom stereocenters. The Morgan fingerprint density at radius 1 is 1.26 bits per heavy atom. The fraction of sp³-hybridized carbons (Fsp3) is 0.278. The van der Waals surface area contributed by atoms with Crippen molar-refractivity contribution in [2.45, 2.75) is 25.2 Å². The third-order valence-corrected chi connectivity index (χ3v) is 6.85. The van der Waals surface area contributed by atoms with E-state index in [9.17, 15) is 18.0 Å². The second-order valence-electron chi connectivity index (χ2n) is 5.81. The lowest BCUT2D eigenvalue weighted by Gasteiger charge is -2.16. The molecule has 7 nitrogen and oxygen atoms in total. The van der Waals surface area contributed by atoms with E-state index in [0.29, 0.717) is 16.1 Å². The maximum absolute atomic E-state index is 12.6. The molecule has 1 heterocycles. The standard InChI is InChI=1S/C18H19N3O4S2/c1-4-15-9-14(10-19)18(26-15)20-17(23)11-21(3)27(24,25)16-7-5-13(6-8-16)12(2)22/h5-9H,4,11H2,1-3H3,(H,20,23). The van der Waals surface area contributed by atoms with Crippen LogP contribution in [0.4, 0.5) is 5.00 Å². The minimum atomic E-state index is -3.88. The smallest absolute Gasteiger partial charge is 0.243 e. The van der Waals surface area contributed by atoms with Gasteiger partial charge in [-0.25, -0.2) is 8.42 Å². The van der Waals surface area contributed by atoms with Crippen molar-refractivity contribution in [2.75, 3.05) is 18.9 Å². The number of carbonyl (C=O) groups excluding carboxylic acids is 2. The number of hydrogen-bond donors (Lipinski definition) is 1. The Morgan fingerprint density at radius 3 is 2.41 bits per heavy atom. The lowest BCUT2D eigenvalue weighted by atomic mass is 10.2. The van der Waals surface area contributed by atoms with E-state index in [4.69, 9.17) is 5.26 Å². The monoisotopic (exact) mass is 405 g/mol. The molecule has 1 aromatic carbocycles. The lowest BCUT2D eigenvalue weighted by molar-refractivity contribution is -0.116. The number of nitrogens with zero attached hydrogens (tertiary/aromatic N) is 2. The molecule has 0 aliphatic rings. The van der Waals surface area contributed by atoms with Crippen molar-refractivity contribution in [3.8, 4) is 6.07 Å². The fourth-order valence-corrected chi connectivity index (χ4v) is 4.38. The number of ketones is 1. The molecule has 2 aromatic rings. The minimum Gasteiger partial charge on any atom is -0.315 e. The Morgan fingerprint density at radius 2 is 1.89 bits per heavy atom. The Hall–Kier alpha value is -2.54. The quantitative estimate of drug-likeness (QED) is 0.713. The molecule has 1 aromatic heterocycles. The van der Waals surface area contributed by atoms with Crippen LogP contribution in [0.3, 0.4) is 0 Å². The second kappa shape index (κ2) is 8.43. The Labute approximate surface area is 162 Å². The van der Waals surface area contributed by atoms with Gasteiger partial charge in [0.2, 0.25) is 15.9 Å². The number of likely N-dealkylation sites (N-methyl/N-ethyl adjacent to an activating group) is 1.